The number of nitrogens with zero attached hydrogens (tertiary/aromatic N) is 1. The molecule has 1 fully saturated rings. The Balaban J connectivity index is 1.64. The Labute approximate surface area is 199 Å². The third-order valence-electron chi connectivity index (χ3n) is 6.81. The van der Waals surface area contributed by atoms with Crippen LogP contribution in [-0.2, 0) is 9.53 Å². The molecule has 0 unspecified atom stereocenters. The van der Waals surface area contributed by atoms with E-state index in [1.165, 1.54) is 12.1 Å². The van der Waals surface area contributed by atoms with Crippen LogP contribution in [0.5, 0.6) is 0 Å². The van der Waals surface area contributed by atoms with Crippen molar-refractivity contribution < 1.29 is 18.7 Å². The van der Waals surface area contributed by atoms with Gasteiger partial charge in [0.15, 0.2) is 5.78 Å². The normalized spacial score (nSPS) is 23.6. The molecule has 5 rings (SSSR count). The Bertz CT molecular complexity index is 1140. The second-order valence-corrected chi connectivity index (χ2v) is 10.1. The molecule has 2 aliphatic heterocycles. The van der Waals surface area contributed by atoms with Crippen molar-refractivity contribution in [2.45, 2.75) is 51.7 Å². The average molecular weight is 464 g/mol. The van der Waals surface area contributed by atoms with Gasteiger partial charge in [-0.3, -0.25) is 9.69 Å². The van der Waals surface area contributed by atoms with Gasteiger partial charge in [-0.05, 0) is 54.5 Å². The van der Waals surface area contributed by atoms with Gasteiger partial charge in [0, 0.05) is 30.8 Å². The van der Waals surface area contributed by atoms with Crippen LogP contribution in [0.1, 0.15) is 51.1 Å². The van der Waals surface area contributed by atoms with Crippen molar-refractivity contribution in [1.82, 2.24) is 5.32 Å². The molecule has 2 atom stereocenters. The van der Waals surface area contributed by atoms with Gasteiger partial charge in [0.1, 0.15) is 5.82 Å². The molecule has 0 radical (unpaired) electrons. The summed E-state index contributed by atoms with van der Waals surface area (Å²) in [7, 11) is 0. The Morgan fingerprint density at radius 2 is 1.94 bits per heavy atom. The van der Waals surface area contributed by atoms with E-state index in [1.54, 1.807) is 17.0 Å². The van der Waals surface area contributed by atoms with E-state index in [0.29, 0.717) is 42.8 Å². The lowest BCUT2D eigenvalue weighted by molar-refractivity contribution is -0.118. The summed E-state index contributed by atoms with van der Waals surface area (Å²) in [5.41, 5.74) is 3.29. The molecule has 34 heavy (non-hydrogen) atoms. The topological polar surface area (TPSA) is 70.7 Å². The molecule has 1 saturated heterocycles. The van der Waals surface area contributed by atoms with Gasteiger partial charge < -0.3 is 15.4 Å². The molecular weight excluding hydrogens is 433 g/mol. The van der Waals surface area contributed by atoms with Gasteiger partial charge >= 0.3 is 6.03 Å². The van der Waals surface area contributed by atoms with Gasteiger partial charge in [-0.15, -0.1) is 0 Å². The highest BCUT2D eigenvalue weighted by Crippen LogP contribution is 2.48. The number of para-hydroxylation sites is 2. The van der Waals surface area contributed by atoms with Crippen molar-refractivity contribution in [3.8, 4) is 0 Å². The highest BCUT2D eigenvalue weighted by molar-refractivity contribution is 6.06. The Morgan fingerprint density at radius 3 is 2.68 bits per heavy atom. The first-order valence-corrected chi connectivity index (χ1v) is 11.9. The molecule has 6 nitrogen and oxygen atoms in total. The van der Waals surface area contributed by atoms with E-state index >= 15 is 0 Å². The molecule has 2 N–H and O–H groups in total. The summed E-state index contributed by atoms with van der Waals surface area (Å²) in [4.78, 5) is 29.0. The fraction of sp³-hybridized carbons (Fsp3) is 0.407. The predicted molar refractivity (Wildman–Crippen MR) is 129 cm³/mol. The second kappa shape index (κ2) is 8.87. The van der Waals surface area contributed by atoms with E-state index in [4.69, 9.17) is 4.74 Å². The Kier molecular flexibility index (Phi) is 5.90. The van der Waals surface area contributed by atoms with E-state index in [1.807, 2.05) is 24.3 Å². The van der Waals surface area contributed by atoms with Crippen LogP contribution in [-0.4, -0.2) is 31.1 Å². The SMILES string of the molecule is CC1(C)CC(=O)C2=C(C1)Nc1ccccc1N(C(=O)NC[C@@H]1CCCO1)[C@H]2c1ccc(F)cc1. The molecule has 1 aliphatic carbocycles. The average Bonchev–Trinajstić information content (AvgIpc) is 3.26. The van der Waals surface area contributed by atoms with Gasteiger partial charge in [-0.25, -0.2) is 9.18 Å². The van der Waals surface area contributed by atoms with Gasteiger partial charge in [-0.2, -0.15) is 0 Å². The van der Waals surface area contributed by atoms with Gasteiger partial charge in [0.25, 0.3) is 0 Å². The zero-order valence-corrected chi connectivity index (χ0v) is 19.6. The second-order valence-electron chi connectivity index (χ2n) is 10.1. The number of allylic oxidation sites excluding steroid dienone is 1. The molecule has 0 spiro atoms. The summed E-state index contributed by atoms with van der Waals surface area (Å²) < 4.78 is 19.5. The maximum absolute atomic E-state index is 13.8. The first kappa shape index (κ1) is 22.6. The molecule has 0 bridgehead atoms. The Hall–Kier alpha value is -3.19. The lowest BCUT2D eigenvalue weighted by atomic mass is 9.73. The molecule has 0 aromatic heterocycles. The minimum absolute atomic E-state index is 0.00203. The maximum atomic E-state index is 13.8. The standard InChI is InChI=1S/C27H30FN3O3/c1-27(2)14-21-24(23(32)15-27)25(17-9-11-18(28)12-10-17)31(22-8-4-3-7-20(22)30-21)26(33)29-16-19-6-5-13-34-19/h3-4,7-12,19,25,30H,5-6,13-16H2,1-2H3,(H,29,33)/t19-,25-/m0/s1. The zero-order valence-electron chi connectivity index (χ0n) is 19.6. The van der Waals surface area contributed by atoms with Crippen molar-refractivity contribution in [3.63, 3.8) is 0 Å². The van der Waals surface area contributed by atoms with E-state index in [9.17, 15) is 14.0 Å². The number of hydrogen-bond acceptors (Lipinski definition) is 4. The summed E-state index contributed by atoms with van der Waals surface area (Å²) in [6, 6.07) is 12.6. The highest BCUT2D eigenvalue weighted by Gasteiger charge is 2.43. The number of anilines is 2. The number of carbonyl (C=O) groups excluding carboxylic acids is 2. The predicted octanol–water partition coefficient (Wildman–Crippen LogP) is 5.33. The number of urea groups is 1. The molecule has 0 saturated carbocycles. The van der Waals surface area contributed by atoms with E-state index in [0.717, 1.165) is 24.2 Å². The monoisotopic (exact) mass is 463 g/mol. The number of rotatable bonds is 3. The van der Waals surface area contributed by atoms with Crippen LogP contribution >= 0.6 is 0 Å². The van der Waals surface area contributed by atoms with Gasteiger partial charge in [0.2, 0.25) is 0 Å². The van der Waals surface area contributed by atoms with Crippen LogP contribution in [0.3, 0.4) is 0 Å². The number of amides is 2. The number of carbonyl (C=O) groups is 2. The van der Waals surface area contributed by atoms with E-state index in [-0.39, 0.29) is 29.2 Å². The van der Waals surface area contributed by atoms with Crippen LogP contribution in [0.2, 0.25) is 0 Å². The number of fused-ring (bicyclic) bond motifs is 1. The summed E-state index contributed by atoms with van der Waals surface area (Å²) in [5, 5.41) is 6.51. The van der Waals surface area contributed by atoms with Crippen LogP contribution in [0.25, 0.3) is 0 Å². The molecule has 178 valence electrons. The number of Topliss-reactive ketones (excluding diaryl/α,β-unsaturated/α-hetero) is 1. The number of benzene rings is 2. The lowest BCUT2D eigenvalue weighted by Crippen LogP contribution is -2.46. The maximum Gasteiger partial charge on any atom is 0.322 e. The molecule has 3 aliphatic rings. The molecule has 2 aromatic rings. The molecular formula is C27H30FN3O3. The molecule has 2 aromatic carbocycles. The summed E-state index contributed by atoms with van der Waals surface area (Å²) >= 11 is 0. The van der Waals surface area contributed by atoms with Crippen LogP contribution < -0.4 is 15.5 Å². The number of hydrogen-bond donors (Lipinski definition) is 2. The smallest absolute Gasteiger partial charge is 0.322 e. The summed E-state index contributed by atoms with van der Waals surface area (Å²) in [6.07, 6.45) is 2.93. The Morgan fingerprint density at radius 1 is 1.18 bits per heavy atom. The third kappa shape index (κ3) is 4.32. The summed E-state index contributed by atoms with van der Waals surface area (Å²) in [6.45, 7) is 5.25. The fourth-order valence-electron chi connectivity index (χ4n) is 5.26. The summed E-state index contributed by atoms with van der Waals surface area (Å²) in [5.74, 6) is -0.367. The van der Waals surface area contributed by atoms with Crippen molar-refractivity contribution in [2.75, 3.05) is 23.4 Å². The van der Waals surface area contributed by atoms with Gasteiger partial charge in [-0.1, -0.05) is 38.1 Å². The number of halogens is 1. The molecule has 2 amide bonds. The minimum Gasteiger partial charge on any atom is -0.376 e. The lowest BCUT2D eigenvalue weighted by Gasteiger charge is -2.37. The van der Waals surface area contributed by atoms with Crippen molar-refractivity contribution in [1.29, 1.82) is 0 Å². The van der Waals surface area contributed by atoms with Crippen molar-refractivity contribution in [2.24, 2.45) is 5.41 Å². The van der Waals surface area contributed by atoms with Crippen LogP contribution in [0.15, 0.2) is 59.8 Å². The first-order valence-electron chi connectivity index (χ1n) is 11.9. The number of ketones is 1. The largest absolute Gasteiger partial charge is 0.376 e. The van der Waals surface area contributed by atoms with E-state index < -0.39 is 6.04 Å². The highest BCUT2D eigenvalue weighted by atomic mass is 19.1. The molecule has 7 heteroatoms. The van der Waals surface area contributed by atoms with Crippen LogP contribution in [0, 0.1) is 11.2 Å². The van der Waals surface area contributed by atoms with Crippen LogP contribution in [0.4, 0.5) is 20.6 Å². The quantitative estimate of drug-likeness (QED) is 0.645. The van der Waals surface area contributed by atoms with Crippen molar-refractivity contribution >= 4 is 23.2 Å². The fourth-order valence-corrected chi connectivity index (χ4v) is 5.26. The minimum atomic E-state index is -0.681. The first-order chi connectivity index (χ1) is 16.3. The third-order valence-corrected chi connectivity index (χ3v) is 6.81. The number of ether oxygens (including phenoxy) is 1. The zero-order chi connectivity index (χ0) is 23.9. The van der Waals surface area contributed by atoms with E-state index in [2.05, 4.69) is 24.5 Å². The molecule has 2 heterocycles. The number of nitrogens with one attached hydrogen (secondary N) is 2. The van der Waals surface area contributed by atoms with Crippen molar-refractivity contribution in [3.05, 3.63) is 71.2 Å². The van der Waals surface area contributed by atoms with Gasteiger partial charge in [0.05, 0.1) is 23.5 Å².